The Morgan fingerprint density at radius 2 is 1.54 bits per heavy atom. The number of aromatic nitrogens is 1. The number of sulfonamides is 1. The van der Waals surface area contributed by atoms with Crippen molar-refractivity contribution < 1.29 is 18.0 Å². The van der Waals surface area contributed by atoms with Gasteiger partial charge in [0, 0.05) is 17.4 Å². The summed E-state index contributed by atoms with van der Waals surface area (Å²) < 4.78 is 27.0. The monoisotopic (exact) mass is 395 g/mol. The van der Waals surface area contributed by atoms with Crippen molar-refractivity contribution in [3.05, 3.63) is 90.3 Å². The van der Waals surface area contributed by atoms with Gasteiger partial charge in [-0.2, -0.15) is 0 Å². The largest absolute Gasteiger partial charge is 0.321 e. The van der Waals surface area contributed by atoms with E-state index in [0.29, 0.717) is 11.3 Å². The summed E-state index contributed by atoms with van der Waals surface area (Å²) >= 11 is 0. The van der Waals surface area contributed by atoms with Gasteiger partial charge in [0.1, 0.15) is 5.69 Å². The van der Waals surface area contributed by atoms with Gasteiger partial charge in [-0.1, -0.05) is 36.4 Å². The van der Waals surface area contributed by atoms with Gasteiger partial charge >= 0.3 is 0 Å². The summed E-state index contributed by atoms with van der Waals surface area (Å²) in [6, 6.07) is 19.0. The Morgan fingerprint density at radius 3 is 2.18 bits per heavy atom. The van der Waals surface area contributed by atoms with Gasteiger partial charge in [-0.15, -0.1) is 0 Å². The molecule has 0 bridgehead atoms. The molecule has 7 nitrogen and oxygen atoms in total. The van der Waals surface area contributed by atoms with Crippen LogP contribution in [0.3, 0.4) is 0 Å². The van der Waals surface area contributed by atoms with Gasteiger partial charge in [-0.05, 0) is 36.4 Å². The molecule has 0 aliphatic carbocycles. The van der Waals surface area contributed by atoms with Crippen LogP contribution in [0.1, 0.15) is 20.8 Å². The lowest BCUT2D eigenvalue weighted by Gasteiger charge is -2.08. The minimum absolute atomic E-state index is 0.0100. The van der Waals surface area contributed by atoms with E-state index in [9.17, 15) is 18.0 Å². The maximum Gasteiger partial charge on any atom is 0.274 e. The van der Waals surface area contributed by atoms with E-state index in [1.165, 1.54) is 30.5 Å². The van der Waals surface area contributed by atoms with Gasteiger partial charge in [0.05, 0.1) is 11.4 Å². The van der Waals surface area contributed by atoms with Crippen molar-refractivity contribution in [1.82, 2.24) is 9.71 Å². The van der Waals surface area contributed by atoms with Crippen LogP contribution in [0.4, 0.5) is 5.69 Å². The molecule has 2 N–H and O–H groups in total. The molecule has 0 fully saturated rings. The lowest BCUT2D eigenvalue weighted by Crippen LogP contribution is -2.29. The standard InChI is InChI=1S/C20H17N3O4S/c24-19(15-6-2-1-3-7-15)14-22-28(26,27)17-11-9-16(10-12-17)23-20(25)18-8-4-5-13-21-18/h1-13,22H,14H2,(H,23,25). The minimum Gasteiger partial charge on any atom is -0.321 e. The van der Waals surface area contributed by atoms with Gasteiger partial charge < -0.3 is 5.32 Å². The van der Waals surface area contributed by atoms with Crippen molar-refractivity contribution >= 4 is 27.4 Å². The number of amides is 1. The average Bonchev–Trinajstić information content (AvgIpc) is 2.74. The van der Waals surface area contributed by atoms with Crippen LogP contribution in [0, 0.1) is 0 Å². The summed E-state index contributed by atoms with van der Waals surface area (Å²) in [5.41, 5.74) is 1.10. The Balaban J connectivity index is 1.63. The number of ketones is 1. The molecule has 28 heavy (non-hydrogen) atoms. The summed E-state index contributed by atoms with van der Waals surface area (Å²) in [6.07, 6.45) is 1.51. The number of anilines is 1. The molecule has 0 spiro atoms. The molecule has 1 aromatic heterocycles. The van der Waals surface area contributed by atoms with Crippen LogP contribution in [0.15, 0.2) is 83.9 Å². The van der Waals surface area contributed by atoms with Crippen LogP contribution in [0.25, 0.3) is 0 Å². The smallest absolute Gasteiger partial charge is 0.274 e. The van der Waals surface area contributed by atoms with E-state index < -0.39 is 15.9 Å². The first-order chi connectivity index (χ1) is 13.5. The number of pyridine rings is 1. The number of hydrogen-bond donors (Lipinski definition) is 2. The maximum atomic E-state index is 12.4. The Bertz CT molecular complexity index is 1070. The maximum absolute atomic E-state index is 12.4. The van der Waals surface area contributed by atoms with Crippen LogP contribution in [-0.2, 0) is 10.0 Å². The molecule has 1 amide bonds. The van der Waals surface area contributed by atoms with E-state index in [-0.39, 0.29) is 22.9 Å². The molecule has 3 rings (SSSR count). The third-order valence-corrected chi connectivity index (χ3v) is 5.26. The second-order valence-electron chi connectivity index (χ2n) is 5.81. The number of hydrogen-bond acceptors (Lipinski definition) is 5. The van der Waals surface area contributed by atoms with Crippen molar-refractivity contribution in [2.45, 2.75) is 4.90 Å². The molecular weight excluding hydrogens is 378 g/mol. The SMILES string of the molecule is O=C(CNS(=O)(=O)c1ccc(NC(=O)c2ccccn2)cc1)c1ccccc1. The molecule has 0 atom stereocenters. The summed E-state index contributed by atoms with van der Waals surface area (Å²) in [6.45, 7) is -0.343. The van der Waals surface area contributed by atoms with Crippen molar-refractivity contribution in [2.75, 3.05) is 11.9 Å². The average molecular weight is 395 g/mol. The molecule has 8 heteroatoms. The molecular formula is C20H17N3O4S. The first-order valence-corrected chi connectivity index (χ1v) is 9.84. The first kappa shape index (κ1) is 19.4. The summed E-state index contributed by atoms with van der Waals surface area (Å²) in [4.78, 5) is 28.1. The van der Waals surface area contributed by atoms with Crippen LogP contribution in [-0.4, -0.2) is 31.6 Å². The molecule has 3 aromatic rings. The summed E-state index contributed by atoms with van der Waals surface area (Å²) in [5.74, 6) is -0.730. The Morgan fingerprint density at radius 1 is 0.857 bits per heavy atom. The second-order valence-corrected chi connectivity index (χ2v) is 7.57. The van der Waals surface area contributed by atoms with Crippen LogP contribution in [0.5, 0.6) is 0 Å². The van der Waals surface area contributed by atoms with E-state index in [4.69, 9.17) is 0 Å². The predicted octanol–water partition coefficient (Wildman–Crippen LogP) is 2.50. The quantitative estimate of drug-likeness (QED) is 0.598. The zero-order valence-corrected chi connectivity index (χ0v) is 15.5. The van der Waals surface area contributed by atoms with E-state index >= 15 is 0 Å². The Kier molecular flexibility index (Phi) is 5.93. The third-order valence-electron chi connectivity index (χ3n) is 3.84. The van der Waals surface area contributed by atoms with Gasteiger partial charge in [0.25, 0.3) is 5.91 Å². The van der Waals surface area contributed by atoms with Gasteiger partial charge in [0.15, 0.2) is 5.78 Å². The van der Waals surface area contributed by atoms with Crippen molar-refractivity contribution in [3.8, 4) is 0 Å². The van der Waals surface area contributed by atoms with Crippen LogP contribution in [0.2, 0.25) is 0 Å². The number of rotatable bonds is 7. The van der Waals surface area contributed by atoms with Gasteiger partial charge in [0.2, 0.25) is 10.0 Å². The molecule has 0 aliphatic heterocycles. The summed E-state index contributed by atoms with van der Waals surface area (Å²) in [5, 5.41) is 2.64. The Hall–Kier alpha value is -3.36. The fourth-order valence-corrected chi connectivity index (χ4v) is 3.36. The predicted molar refractivity (Wildman–Crippen MR) is 105 cm³/mol. The lowest BCUT2D eigenvalue weighted by molar-refractivity contribution is 0.0994. The summed E-state index contributed by atoms with van der Waals surface area (Å²) in [7, 11) is -3.86. The molecule has 0 saturated carbocycles. The molecule has 0 saturated heterocycles. The molecule has 2 aromatic carbocycles. The topological polar surface area (TPSA) is 105 Å². The van der Waals surface area contributed by atoms with E-state index in [1.807, 2.05) is 0 Å². The highest BCUT2D eigenvalue weighted by Gasteiger charge is 2.16. The zero-order chi connectivity index (χ0) is 20.0. The fraction of sp³-hybridized carbons (Fsp3) is 0.0500. The number of carbonyl (C=O) groups excluding carboxylic acids is 2. The van der Waals surface area contributed by atoms with Crippen molar-refractivity contribution in [2.24, 2.45) is 0 Å². The number of Topliss-reactive ketones (excluding diaryl/α,β-unsaturated/α-hetero) is 1. The number of nitrogens with one attached hydrogen (secondary N) is 2. The van der Waals surface area contributed by atoms with Crippen LogP contribution < -0.4 is 10.0 Å². The molecule has 0 radical (unpaired) electrons. The Labute approximate surface area is 162 Å². The van der Waals surface area contributed by atoms with Crippen molar-refractivity contribution in [1.29, 1.82) is 0 Å². The number of carbonyl (C=O) groups is 2. The first-order valence-electron chi connectivity index (χ1n) is 8.36. The highest BCUT2D eigenvalue weighted by molar-refractivity contribution is 7.89. The molecule has 0 unspecified atom stereocenters. The highest BCUT2D eigenvalue weighted by Crippen LogP contribution is 2.15. The lowest BCUT2D eigenvalue weighted by atomic mass is 10.1. The molecule has 1 heterocycles. The van der Waals surface area contributed by atoms with Crippen molar-refractivity contribution in [3.63, 3.8) is 0 Å². The van der Waals surface area contributed by atoms with E-state index in [0.717, 1.165) is 0 Å². The normalized spacial score (nSPS) is 11.0. The third kappa shape index (κ3) is 4.87. The highest BCUT2D eigenvalue weighted by atomic mass is 32.2. The number of nitrogens with zero attached hydrogens (tertiary/aromatic N) is 1. The fourth-order valence-electron chi connectivity index (χ4n) is 2.38. The molecule has 0 aliphatic rings. The van der Waals surface area contributed by atoms with Crippen LogP contribution >= 0.6 is 0 Å². The number of benzene rings is 2. The van der Waals surface area contributed by atoms with E-state index in [1.54, 1.807) is 48.5 Å². The van der Waals surface area contributed by atoms with E-state index in [2.05, 4.69) is 15.0 Å². The van der Waals surface area contributed by atoms with Gasteiger partial charge in [-0.25, -0.2) is 13.1 Å². The minimum atomic E-state index is -3.86. The van der Waals surface area contributed by atoms with Gasteiger partial charge in [-0.3, -0.25) is 14.6 Å². The zero-order valence-electron chi connectivity index (χ0n) is 14.7. The molecule has 142 valence electrons. The second kappa shape index (κ2) is 8.55.